The van der Waals surface area contributed by atoms with E-state index in [-0.39, 0.29) is 11.7 Å². The molecule has 6 atom stereocenters. The summed E-state index contributed by atoms with van der Waals surface area (Å²) in [5.74, 6) is -0.0988. The van der Waals surface area contributed by atoms with Crippen LogP contribution in [0.3, 0.4) is 0 Å². The molecule has 1 aromatic carbocycles. The standard InChI is InChI=1S/C18H22O8/c1-8(2)12-6-10-5-9(3-4-11(10)24-12)17(23)26-18-16(22)15(21)14(20)13(7-19)25-18/h3-5,12-16,18-22H,1,6-7H2,2H3. The number of aliphatic hydroxyl groups excluding tert-OH is 4. The van der Waals surface area contributed by atoms with Crippen LogP contribution in [0.15, 0.2) is 30.4 Å². The van der Waals surface area contributed by atoms with E-state index < -0.39 is 43.3 Å². The monoisotopic (exact) mass is 366 g/mol. The molecule has 1 fully saturated rings. The summed E-state index contributed by atoms with van der Waals surface area (Å²) in [6.07, 6.45) is -6.96. The van der Waals surface area contributed by atoms with E-state index in [1.165, 1.54) is 6.07 Å². The summed E-state index contributed by atoms with van der Waals surface area (Å²) >= 11 is 0. The van der Waals surface area contributed by atoms with E-state index in [1.807, 2.05) is 6.92 Å². The Bertz CT molecular complexity index is 700. The zero-order valence-corrected chi connectivity index (χ0v) is 14.2. The first-order valence-corrected chi connectivity index (χ1v) is 8.28. The van der Waals surface area contributed by atoms with Gasteiger partial charge in [-0.25, -0.2) is 4.79 Å². The lowest BCUT2D eigenvalue weighted by atomic mass is 9.99. The molecule has 0 radical (unpaired) electrons. The van der Waals surface area contributed by atoms with Crippen LogP contribution in [-0.4, -0.2) is 69.8 Å². The lowest BCUT2D eigenvalue weighted by molar-refractivity contribution is -0.285. The predicted octanol–water partition coefficient (Wildman–Crippen LogP) is -0.477. The summed E-state index contributed by atoms with van der Waals surface area (Å²) in [5.41, 5.74) is 1.94. The topological polar surface area (TPSA) is 126 Å². The summed E-state index contributed by atoms with van der Waals surface area (Å²) in [6.45, 7) is 5.13. The normalized spacial score (nSPS) is 33.3. The molecule has 6 unspecified atom stereocenters. The van der Waals surface area contributed by atoms with Gasteiger partial charge in [-0.05, 0) is 36.3 Å². The van der Waals surface area contributed by atoms with Gasteiger partial charge in [0, 0.05) is 6.42 Å². The maximum Gasteiger partial charge on any atom is 0.340 e. The molecule has 3 rings (SSSR count). The molecule has 26 heavy (non-hydrogen) atoms. The average Bonchev–Trinajstić information content (AvgIpc) is 3.05. The van der Waals surface area contributed by atoms with Crippen molar-refractivity contribution in [1.29, 1.82) is 0 Å². The maximum atomic E-state index is 12.4. The Hall–Kier alpha value is -1.97. The van der Waals surface area contributed by atoms with Gasteiger partial charge in [0.15, 0.2) is 0 Å². The fourth-order valence-corrected chi connectivity index (χ4v) is 2.99. The minimum Gasteiger partial charge on any atom is -0.485 e. The van der Waals surface area contributed by atoms with Gasteiger partial charge in [0.2, 0.25) is 6.29 Å². The van der Waals surface area contributed by atoms with Gasteiger partial charge in [0.05, 0.1) is 12.2 Å². The van der Waals surface area contributed by atoms with Gasteiger partial charge < -0.3 is 34.6 Å². The molecular formula is C18H22O8. The number of hydrogen-bond acceptors (Lipinski definition) is 8. The number of aliphatic hydroxyl groups is 4. The molecule has 0 aromatic heterocycles. The first-order valence-electron chi connectivity index (χ1n) is 8.28. The molecule has 4 N–H and O–H groups in total. The summed E-state index contributed by atoms with van der Waals surface area (Å²) < 4.78 is 16.0. The molecule has 0 spiro atoms. The Labute approximate surface area is 150 Å². The highest BCUT2D eigenvalue weighted by atomic mass is 16.7. The molecular weight excluding hydrogens is 344 g/mol. The smallest absolute Gasteiger partial charge is 0.340 e. The fourth-order valence-electron chi connectivity index (χ4n) is 2.99. The Morgan fingerprint density at radius 3 is 2.65 bits per heavy atom. The van der Waals surface area contributed by atoms with Gasteiger partial charge in [-0.15, -0.1) is 0 Å². The molecule has 0 bridgehead atoms. The van der Waals surface area contributed by atoms with Gasteiger partial charge >= 0.3 is 5.97 Å². The molecule has 2 aliphatic heterocycles. The third kappa shape index (κ3) is 3.46. The second kappa shape index (κ2) is 7.34. The highest BCUT2D eigenvalue weighted by Crippen LogP contribution is 2.32. The summed E-state index contributed by atoms with van der Waals surface area (Å²) in [5, 5.41) is 38.6. The highest BCUT2D eigenvalue weighted by Gasteiger charge is 2.45. The van der Waals surface area contributed by atoms with E-state index in [0.717, 1.165) is 11.1 Å². The van der Waals surface area contributed by atoms with Crippen molar-refractivity contribution >= 4 is 5.97 Å². The van der Waals surface area contributed by atoms with Crippen LogP contribution >= 0.6 is 0 Å². The average molecular weight is 366 g/mol. The lowest BCUT2D eigenvalue weighted by Gasteiger charge is -2.39. The molecule has 142 valence electrons. The maximum absolute atomic E-state index is 12.4. The van der Waals surface area contributed by atoms with Crippen LogP contribution in [0, 0.1) is 0 Å². The number of ether oxygens (including phenoxy) is 3. The van der Waals surface area contributed by atoms with Gasteiger partial charge in [0.25, 0.3) is 0 Å². The third-order valence-electron chi connectivity index (χ3n) is 4.59. The number of benzene rings is 1. The first-order chi connectivity index (χ1) is 12.3. The van der Waals surface area contributed by atoms with Crippen molar-refractivity contribution in [2.75, 3.05) is 6.61 Å². The van der Waals surface area contributed by atoms with Crippen LogP contribution < -0.4 is 4.74 Å². The minimum atomic E-state index is -1.64. The van der Waals surface area contributed by atoms with Crippen molar-refractivity contribution in [2.24, 2.45) is 0 Å². The van der Waals surface area contributed by atoms with E-state index in [0.29, 0.717) is 12.2 Å². The second-order valence-corrected chi connectivity index (χ2v) is 6.58. The quantitative estimate of drug-likeness (QED) is 0.416. The fraction of sp³-hybridized carbons (Fsp3) is 0.500. The Kier molecular flexibility index (Phi) is 5.31. The van der Waals surface area contributed by atoms with Crippen LogP contribution in [0.2, 0.25) is 0 Å². The van der Waals surface area contributed by atoms with E-state index in [4.69, 9.17) is 14.2 Å². The molecule has 2 heterocycles. The number of carbonyl (C=O) groups excluding carboxylic acids is 1. The second-order valence-electron chi connectivity index (χ2n) is 6.58. The van der Waals surface area contributed by atoms with Crippen LogP contribution in [0.1, 0.15) is 22.8 Å². The highest BCUT2D eigenvalue weighted by molar-refractivity contribution is 5.90. The van der Waals surface area contributed by atoms with Crippen LogP contribution in [0.25, 0.3) is 0 Å². The van der Waals surface area contributed by atoms with Gasteiger partial charge in [-0.1, -0.05) is 6.58 Å². The Balaban J connectivity index is 1.71. The molecule has 2 aliphatic rings. The number of fused-ring (bicyclic) bond motifs is 1. The van der Waals surface area contributed by atoms with E-state index in [9.17, 15) is 25.2 Å². The zero-order chi connectivity index (χ0) is 19.0. The number of rotatable bonds is 4. The van der Waals surface area contributed by atoms with Crippen molar-refractivity contribution < 1.29 is 39.4 Å². The van der Waals surface area contributed by atoms with Crippen molar-refractivity contribution in [2.45, 2.75) is 50.2 Å². The van der Waals surface area contributed by atoms with Crippen LogP contribution in [-0.2, 0) is 15.9 Å². The summed E-state index contributed by atoms with van der Waals surface area (Å²) in [7, 11) is 0. The number of esters is 1. The SMILES string of the molecule is C=C(C)C1Cc2cc(C(=O)OC3OC(CO)C(O)C(O)C3O)ccc2O1. The Morgan fingerprint density at radius 2 is 2.00 bits per heavy atom. The molecule has 8 heteroatoms. The van der Waals surface area contributed by atoms with E-state index in [1.54, 1.807) is 12.1 Å². The third-order valence-corrected chi connectivity index (χ3v) is 4.59. The lowest BCUT2D eigenvalue weighted by Crippen LogP contribution is -2.59. The first kappa shape index (κ1) is 18.8. The molecule has 0 saturated carbocycles. The molecule has 1 aromatic rings. The van der Waals surface area contributed by atoms with Crippen LogP contribution in [0.5, 0.6) is 5.75 Å². The van der Waals surface area contributed by atoms with Crippen molar-refractivity contribution in [3.8, 4) is 5.75 Å². The van der Waals surface area contributed by atoms with Gasteiger partial charge in [-0.3, -0.25) is 0 Å². The largest absolute Gasteiger partial charge is 0.485 e. The van der Waals surface area contributed by atoms with Crippen LogP contribution in [0.4, 0.5) is 0 Å². The summed E-state index contributed by atoms with van der Waals surface area (Å²) in [6, 6.07) is 4.80. The van der Waals surface area contributed by atoms with Crippen molar-refractivity contribution in [3.05, 3.63) is 41.5 Å². The van der Waals surface area contributed by atoms with Crippen molar-refractivity contribution in [3.63, 3.8) is 0 Å². The van der Waals surface area contributed by atoms with E-state index >= 15 is 0 Å². The van der Waals surface area contributed by atoms with E-state index in [2.05, 4.69) is 6.58 Å². The van der Waals surface area contributed by atoms with Gasteiger partial charge in [-0.2, -0.15) is 0 Å². The molecule has 0 amide bonds. The minimum absolute atomic E-state index is 0.137. The predicted molar refractivity (Wildman–Crippen MR) is 88.6 cm³/mol. The Morgan fingerprint density at radius 1 is 1.27 bits per heavy atom. The number of hydrogen-bond donors (Lipinski definition) is 4. The molecule has 1 saturated heterocycles. The molecule has 8 nitrogen and oxygen atoms in total. The summed E-state index contributed by atoms with van der Waals surface area (Å²) in [4.78, 5) is 12.4. The molecule has 0 aliphatic carbocycles. The van der Waals surface area contributed by atoms with Crippen molar-refractivity contribution in [1.82, 2.24) is 0 Å². The van der Waals surface area contributed by atoms with Gasteiger partial charge in [0.1, 0.15) is 36.3 Å². The number of carbonyl (C=O) groups is 1. The zero-order valence-electron chi connectivity index (χ0n) is 14.2.